The Balaban J connectivity index is 1.34. The van der Waals surface area contributed by atoms with E-state index in [9.17, 15) is 9.59 Å². The van der Waals surface area contributed by atoms with Crippen LogP contribution in [-0.2, 0) is 31.9 Å². The van der Waals surface area contributed by atoms with Crippen LogP contribution in [0.1, 0.15) is 63.1 Å². The third-order valence-electron chi connectivity index (χ3n) is 6.04. The minimum Gasteiger partial charge on any atom is -0.465 e. The summed E-state index contributed by atoms with van der Waals surface area (Å²) in [4.78, 5) is 29.7. The smallest absolute Gasteiger partial charge is 0.318 e. The van der Waals surface area contributed by atoms with Gasteiger partial charge in [0.15, 0.2) is 0 Å². The number of ether oxygens (including phenoxy) is 2. The van der Waals surface area contributed by atoms with E-state index in [4.69, 9.17) is 14.5 Å². The molecule has 0 radical (unpaired) electrons. The number of fused-ring (bicyclic) bond motifs is 1. The molecule has 0 bridgehead atoms. The molecule has 0 aliphatic carbocycles. The average molecular weight is 447 g/mol. The molecule has 32 heavy (non-hydrogen) atoms. The van der Waals surface area contributed by atoms with E-state index < -0.39 is 11.9 Å². The Morgan fingerprint density at radius 2 is 1.97 bits per heavy atom. The van der Waals surface area contributed by atoms with Gasteiger partial charge in [-0.1, -0.05) is 31.7 Å². The molecule has 1 aromatic heterocycles. The van der Waals surface area contributed by atoms with Crippen molar-refractivity contribution in [3.05, 3.63) is 23.4 Å². The molecule has 1 saturated heterocycles. The number of hydrazine groups is 1. The fraction of sp³-hybridized carbons (Fsp3) is 0.708. The van der Waals surface area contributed by atoms with Crippen LogP contribution in [0, 0.1) is 5.92 Å². The number of aromatic nitrogens is 1. The molecule has 2 aliphatic heterocycles. The molecule has 2 aliphatic rings. The van der Waals surface area contributed by atoms with E-state index in [0.717, 1.165) is 63.0 Å². The van der Waals surface area contributed by atoms with E-state index in [1.807, 2.05) is 5.01 Å². The summed E-state index contributed by atoms with van der Waals surface area (Å²) in [5.74, 6) is -0.373. The Hall–Kier alpha value is -2.19. The number of rotatable bonds is 12. The van der Waals surface area contributed by atoms with Crippen molar-refractivity contribution in [3.63, 3.8) is 0 Å². The molecule has 2 N–H and O–H groups in total. The molecule has 0 unspecified atom stereocenters. The highest BCUT2D eigenvalue weighted by molar-refractivity contribution is 5.97. The number of morpholine rings is 1. The van der Waals surface area contributed by atoms with Crippen molar-refractivity contribution in [1.29, 1.82) is 0 Å². The normalized spacial score (nSPS) is 17.2. The zero-order valence-electron chi connectivity index (χ0n) is 19.4. The van der Waals surface area contributed by atoms with Crippen molar-refractivity contribution in [2.75, 3.05) is 44.8 Å². The van der Waals surface area contributed by atoms with Gasteiger partial charge in [0.2, 0.25) is 5.91 Å². The third-order valence-corrected chi connectivity index (χ3v) is 6.04. The topological polar surface area (TPSA) is 92.8 Å². The van der Waals surface area contributed by atoms with Crippen LogP contribution in [0.2, 0.25) is 0 Å². The SMILES string of the molecule is CCOC(=O)[C@@H](CCCCCCCc1ccc2c(n1)NCCC2)C(=O)NN1CCOCC1. The van der Waals surface area contributed by atoms with Crippen molar-refractivity contribution in [2.45, 2.75) is 64.7 Å². The number of anilines is 1. The minimum atomic E-state index is -0.745. The van der Waals surface area contributed by atoms with E-state index in [0.29, 0.717) is 32.7 Å². The van der Waals surface area contributed by atoms with Gasteiger partial charge >= 0.3 is 5.97 Å². The summed E-state index contributed by atoms with van der Waals surface area (Å²) in [6, 6.07) is 4.37. The lowest BCUT2D eigenvalue weighted by molar-refractivity contribution is -0.154. The van der Waals surface area contributed by atoms with Gasteiger partial charge in [0.05, 0.1) is 19.8 Å². The van der Waals surface area contributed by atoms with Gasteiger partial charge < -0.3 is 14.8 Å². The maximum absolute atomic E-state index is 12.6. The first-order chi connectivity index (χ1) is 15.7. The van der Waals surface area contributed by atoms with Crippen LogP contribution >= 0.6 is 0 Å². The quantitative estimate of drug-likeness (QED) is 0.290. The maximum atomic E-state index is 12.6. The van der Waals surface area contributed by atoms with Crippen molar-refractivity contribution in [1.82, 2.24) is 15.4 Å². The average Bonchev–Trinajstić information content (AvgIpc) is 2.81. The second-order valence-corrected chi connectivity index (χ2v) is 8.53. The molecular weight excluding hydrogens is 408 g/mol. The molecule has 8 heteroatoms. The monoisotopic (exact) mass is 446 g/mol. The number of aryl methyl sites for hydroxylation is 2. The number of pyridine rings is 1. The Kier molecular flexibility index (Phi) is 10.2. The predicted octanol–water partition coefficient (Wildman–Crippen LogP) is 2.87. The maximum Gasteiger partial charge on any atom is 0.318 e. The molecule has 1 fully saturated rings. The summed E-state index contributed by atoms with van der Waals surface area (Å²) in [6.45, 7) is 5.51. The van der Waals surface area contributed by atoms with Crippen molar-refractivity contribution < 1.29 is 19.1 Å². The fourth-order valence-electron chi connectivity index (χ4n) is 4.20. The molecular formula is C24H38N4O4. The number of hydrogen-bond acceptors (Lipinski definition) is 7. The van der Waals surface area contributed by atoms with E-state index in [-0.39, 0.29) is 12.5 Å². The summed E-state index contributed by atoms with van der Waals surface area (Å²) in [5.41, 5.74) is 5.34. The van der Waals surface area contributed by atoms with Gasteiger partial charge in [-0.15, -0.1) is 0 Å². The first-order valence-corrected chi connectivity index (χ1v) is 12.2. The minimum absolute atomic E-state index is 0.266. The Morgan fingerprint density at radius 3 is 2.78 bits per heavy atom. The largest absolute Gasteiger partial charge is 0.465 e. The number of esters is 1. The van der Waals surface area contributed by atoms with E-state index in [1.54, 1.807) is 6.92 Å². The molecule has 1 amide bonds. The van der Waals surface area contributed by atoms with Crippen LogP contribution in [0.3, 0.4) is 0 Å². The van der Waals surface area contributed by atoms with Crippen LogP contribution in [0.4, 0.5) is 5.82 Å². The Labute approximate surface area is 191 Å². The first-order valence-electron chi connectivity index (χ1n) is 12.2. The van der Waals surface area contributed by atoms with Crippen molar-refractivity contribution in [2.24, 2.45) is 5.92 Å². The molecule has 1 atom stereocenters. The molecule has 3 rings (SSSR count). The molecule has 1 aromatic rings. The van der Waals surface area contributed by atoms with E-state index >= 15 is 0 Å². The summed E-state index contributed by atoms with van der Waals surface area (Å²) in [5, 5.41) is 5.22. The Bertz CT molecular complexity index is 737. The van der Waals surface area contributed by atoms with Gasteiger partial charge in [-0.25, -0.2) is 9.99 Å². The number of nitrogens with one attached hydrogen (secondary N) is 2. The molecule has 3 heterocycles. The van der Waals surface area contributed by atoms with Gasteiger partial charge in [-0.2, -0.15) is 0 Å². The number of nitrogens with zero attached hydrogens (tertiary/aromatic N) is 2. The van der Waals surface area contributed by atoms with Crippen LogP contribution in [0.5, 0.6) is 0 Å². The van der Waals surface area contributed by atoms with Gasteiger partial charge in [0, 0.05) is 25.3 Å². The number of amides is 1. The lowest BCUT2D eigenvalue weighted by Crippen LogP contribution is -2.51. The number of carbonyl (C=O) groups is 2. The number of unbranched alkanes of at least 4 members (excludes halogenated alkanes) is 4. The lowest BCUT2D eigenvalue weighted by atomic mass is 9.99. The molecule has 0 spiro atoms. The van der Waals surface area contributed by atoms with E-state index in [1.165, 1.54) is 12.0 Å². The number of hydrogen-bond donors (Lipinski definition) is 2. The summed E-state index contributed by atoms with van der Waals surface area (Å²) >= 11 is 0. The molecule has 0 saturated carbocycles. The van der Waals surface area contributed by atoms with Crippen molar-refractivity contribution >= 4 is 17.7 Å². The van der Waals surface area contributed by atoms with Crippen molar-refractivity contribution in [3.8, 4) is 0 Å². The molecule has 0 aromatic carbocycles. The Morgan fingerprint density at radius 1 is 1.19 bits per heavy atom. The highest BCUT2D eigenvalue weighted by atomic mass is 16.5. The zero-order valence-corrected chi connectivity index (χ0v) is 19.4. The third kappa shape index (κ3) is 7.74. The second-order valence-electron chi connectivity index (χ2n) is 8.53. The van der Waals surface area contributed by atoms with Gasteiger partial charge in [-0.05, 0) is 50.7 Å². The van der Waals surface area contributed by atoms with Gasteiger partial charge in [-0.3, -0.25) is 15.0 Å². The molecule has 8 nitrogen and oxygen atoms in total. The first kappa shape index (κ1) is 24.5. The second kappa shape index (κ2) is 13.4. The summed E-state index contributed by atoms with van der Waals surface area (Å²) < 4.78 is 10.4. The van der Waals surface area contributed by atoms with Gasteiger partial charge in [0.25, 0.3) is 0 Å². The highest BCUT2D eigenvalue weighted by Crippen LogP contribution is 2.21. The van der Waals surface area contributed by atoms with Crippen LogP contribution in [0.15, 0.2) is 12.1 Å². The van der Waals surface area contributed by atoms with E-state index in [2.05, 4.69) is 22.9 Å². The van der Waals surface area contributed by atoms with Crippen LogP contribution in [-0.4, -0.2) is 61.3 Å². The van der Waals surface area contributed by atoms with Gasteiger partial charge in [0.1, 0.15) is 11.7 Å². The van der Waals surface area contributed by atoms with Crippen LogP contribution < -0.4 is 10.7 Å². The summed E-state index contributed by atoms with van der Waals surface area (Å²) in [7, 11) is 0. The number of carbonyl (C=O) groups excluding carboxylic acids is 2. The lowest BCUT2D eigenvalue weighted by Gasteiger charge is -2.28. The van der Waals surface area contributed by atoms with Crippen LogP contribution in [0.25, 0.3) is 0 Å². The zero-order chi connectivity index (χ0) is 22.6. The highest BCUT2D eigenvalue weighted by Gasteiger charge is 2.29. The molecule has 178 valence electrons. The fourth-order valence-corrected chi connectivity index (χ4v) is 4.20. The predicted molar refractivity (Wildman–Crippen MR) is 123 cm³/mol. The summed E-state index contributed by atoms with van der Waals surface area (Å²) in [6.07, 6.45) is 8.95. The standard InChI is InChI=1S/C24H38N4O4/c1-2-32-24(30)21(23(29)27-28-15-17-31-18-16-28)11-7-5-3-4-6-10-20-13-12-19-9-8-14-25-22(19)26-20/h12-13,21H,2-11,14-18H2,1H3,(H,25,26)(H,27,29)/t21-/m0/s1.